The van der Waals surface area contributed by atoms with Gasteiger partial charge in [0.25, 0.3) is 5.91 Å². The molecule has 0 aliphatic heterocycles. The fourth-order valence-electron chi connectivity index (χ4n) is 3.57. The summed E-state index contributed by atoms with van der Waals surface area (Å²) in [6, 6.07) is 15.2. The van der Waals surface area contributed by atoms with Crippen LogP contribution in [-0.4, -0.2) is 25.5 Å². The van der Waals surface area contributed by atoms with Crippen molar-refractivity contribution in [3.05, 3.63) is 105 Å². The molecule has 1 N–H and O–H groups in total. The molecule has 4 aromatic rings. The Bertz CT molecular complexity index is 1420. The first-order valence-corrected chi connectivity index (χ1v) is 10.9. The topological polar surface area (TPSA) is 81.8 Å². The minimum absolute atomic E-state index is 0.0759. The Hall–Kier alpha value is -4.21. The predicted octanol–water partition coefficient (Wildman–Crippen LogP) is 4.62. The van der Waals surface area contributed by atoms with Gasteiger partial charge in [-0.1, -0.05) is 37.3 Å². The molecule has 0 saturated heterocycles. The fraction of sp³-hybridized carbons (Fsp3) is 0.200. The van der Waals surface area contributed by atoms with Crippen molar-refractivity contribution in [1.29, 1.82) is 0 Å². The molecule has 1 amide bonds. The number of hydrogen-bond donors (Lipinski definition) is 1. The monoisotopic (exact) mass is 481 g/mol. The van der Waals surface area contributed by atoms with Gasteiger partial charge in [-0.3, -0.25) is 9.59 Å². The Kier molecular flexibility index (Phi) is 6.54. The molecule has 0 radical (unpaired) electrons. The van der Waals surface area contributed by atoms with Crippen molar-refractivity contribution in [1.82, 2.24) is 19.6 Å². The molecule has 0 aliphatic rings. The molecule has 0 aliphatic carbocycles. The number of halogens is 3. The van der Waals surface area contributed by atoms with Crippen LogP contribution in [-0.2, 0) is 19.1 Å². The van der Waals surface area contributed by atoms with Crippen LogP contribution in [0.4, 0.5) is 19.0 Å². The molecule has 7 nitrogen and oxygen atoms in total. The van der Waals surface area contributed by atoms with Crippen LogP contribution in [0.1, 0.15) is 39.8 Å². The number of nitrogens with one attached hydrogen (secondary N) is 1. The molecule has 35 heavy (non-hydrogen) atoms. The molecule has 0 atom stereocenters. The van der Waals surface area contributed by atoms with E-state index in [1.54, 1.807) is 10.7 Å². The number of rotatable bonds is 6. The second-order valence-corrected chi connectivity index (χ2v) is 7.96. The molecule has 2 heterocycles. The quantitative estimate of drug-likeness (QED) is 0.436. The van der Waals surface area contributed by atoms with Crippen LogP contribution in [0.3, 0.4) is 0 Å². The number of nitrogens with zero attached hydrogens (tertiary/aromatic N) is 4. The summed E-state index contributed by atoms with van der Waals surface area (Å²) in [7, 11) is 0. The minimum atomic E-state index is -4.54. The first-order chi connectivity index (χ1) is 16.7. The van der Waals surface area contributed by atoms with Crippen molar-refractivity contribution in [3.63, 3.8) is 0 Å². The van der Waals surface area contributed by atoms with Gasteiger partial charge in [0, 0.05) is 17.8 Å². The zero-order chi connectivity index (χ0) is 25.2. The smallest absolute Gasteiger partial charge is 0.305 e. The van der Waals surface area contributed by atoms with E-state index in [1.807, 2.05) is 24.3 Å². The van der Waals surface area contributed by atoms with Crippen LogP contribution < -0.4 is 10.7 Å². The second-order valence-electron chi connectivity index (χ2n) is 7.96. The van der Waals surface area contributed by atoms with E-state index in [2.05, 4.69) is 22.4 Å². The zero-order valence-corrected chi connectivity index (χ0v) is 19.0. The Labute approximate surface area is 198 Å². The van der Waals surface area contributed by atoms with Crippen LogP contribution in [0, 0.1) is 6.92 Å². The van der Waals surface area contributed by atoms with Gasteiger partial charge < -0.3 is 5.32 Å². The number of carbonyl (C=O) groups excluding carboxylic acids is 1. The third kappa shape index (κ3) is 5.32. The molecule has 2 aromatic heterocycles. The Morgan fingerprint density at radius 1 is 1.03 bits per heavy atom. The number of carbonyl (C=O) groups is 1. The van der Waals surface area contributed by atoms with Gasteiger partial charge in [-0.2, -0.15) is 23.4 Å². The van der Waals surface area contributed by atoms with Gasteiger partial charge in [0.15, 0.2) is 5.69 Å². The number of benzene rings is 2. The molecule has 0 fully saturated rings. The highest BCUT2D eigenvalue weighted by Crippen LogP contribution is 2.30. The molecule has 4 rings (SSSR count). The minimum Gasteiger partial charge on any atom is -0.305 e. The molecular formula is C25H22F3N5O2. The van der Waals surface area contributed by atoms with E-state index in [-0.39, 0.29) is 11.4 Å². The van der Waals surface area contributed by atoms with Gasteiger partial charge in [0.1, 0.15) is 5.82 Å². The van der Waals surface area contributed by atoms with Crippen molar-refractivity contribution in [2.45, 2.75) is 33.0 Å². The van der Waals surface area contributed by atoms with Crippen LogP contribution in [0.25, 0.3) is 5.69 Å². The lowest BCUT2D eigenvalue weighted by Crippen LogP contribution is -2.27. The first-order valence-electron chi connectivity index (χ1n) is 10.9. The van der Waals surface area contributed by atoms with Crippen molar-refractivity contribution in [2.75, 3.05) is 5.32 Å². The zero-order valence-electron chi connectivity index (χ0n) is 19.0. The number of amides is 1. The lowest BCUT2D eigenvalue weighted by Gasteiger charge is -2.14. The average molecular weight is 481 g/mol. The highest BCUT2D eigenvalue weighted by Gasteiger charge is 2.30. The summed E-state index contributed by atoms with van der Waals surface area (Å²) in [5, 5.41) is 10.9. The van der Waals surface area contributed by atoms with Crippen molar-refractivity contribution < 1.29 is 18.0 Å². The summed E-state index contributed by atoms with van der Waals surface area (Å²) in [6.07, 6.45) is -2.11. The molecule has 180 valence electrons. The van der Waals surface area contributed by atoms with Crippen molar-refractivity contribution in [3.8, 4) is 5.69 Å². The van der Waals surface area contributed by atoms with Crippen LogP contribution in [0.2, 0.25) is 0 Å². The summed E-state index contributed by atoms with van der Waals surface area (Å²) >= 11 is 0. The van der Waals surface area contributed by atoms with Gasteiger partial charge in [-0.25, -0.2) is 9.36 Å². The molecule has 2 aromatic carbocycles. The summed E-state index contributed by atoms with van der Waals surface area (Å²) in [6.45, 7) is 3.98. The van der Waals surface area contributed by atoms with Crippen molar-refractivity contribution >= 4 is 11.7 Å². The fourth-order valence-corrected chi connectivity index (χ4v) is 3.57. The molecule has 0 unspecified atom stereocenters. The standard InChI is InChI=1S/C25H22F3N5O2/c1-3-17-7-9-18(10-8-17)15-32-22(11-12-29-32)30-24(35)23-21(34)13-16(2)33(31-23)20-6-4-5-19(14-20)25(26,27)28/h4-14H,3,15H2,1-2H3,(H,30,35). The lowest BCUT2D eigenvalue weighted by molar-refractivity contribution is -0.137. The third-order valence-electron chi connectivity index (χ3n) is 5.46. The number of aryl methyl sites for hydroxylation is 2. The normalized spacial score (nSPS) is 11.5. The van der Waals surface area contributed by atoms with Crippen LogP contribution in [0.15, 0.2) is 71.7 Å². The maximum atomic E-state index is 13.1. The summed E-state index contributed by atoms with van der Waals surface area (Å²) in [5.74, 6) is -0.444. The average Bonchev–Trinajstić information content (AvgIpc) is 3.25. The Balaban J connectivity index is 1.61. The van der Waals surface area contributed by atoms with E-state index >= 15 is 0 Å². The van der Waals surface area contributed by atoms with Gasteiger partial charge in [0.2, 0.25) is 5.43 Å². The molecule has 0 spiro atoms. The van der Waals surface area contributed by atoms with E-state index < -0.39 is 28.8 Å². The Morgan fingerprint density at radius 3 is 2.43 bits per heavy atom. The highest BCUT2D eigenvalue weighted by atomic mass is 19.4. The van der Waals surface area contributed by atoms with E-state index in [0.29, 0.717) is 12.4 Å². The van der Waals surface area contributed by atoms with Crippen LogP contribution >= 0.6 is 0 Å². The van der Waals surface area contributed by atoms with Gasteiger partial charge in [0.05, 0.1) is 24.0 Å². The number of alkyl halides is 3. The summed E-state index contributed by atoms with van der Waals surface area (Å²) in [5.41, 5.74) is 0.569. The molecule has 0 bridgehead atoms. The third-order valence-corrected chi connectivity index (χ3v) is 5.46. The molecular weight excluding hydrogens is 459 g/mol. The van der Waals surface area contributed by atoms with Gasteiger partial charge >= 0.3 is 6.18 Å². The lowest BCUT2D eigenvalue weighted by atomic mass is 10.1. The van der Waals surface area contributed by atoms with E-state index in [4.69, 9.17) is 0 Å². The van der Waals surface area contributed by atoms with Gasteiger partial charge in [-0.15, -0.1) is 0 Å². The molecule has 0 saturated carbocycles. The van der Waals surface area contributed by atoms with Crippen LogP contribution in [0.5, 0.6) is 0 Å². The summed E-state index contributed by atoms with van der Waals surface area (Å²) < 4.78 is 42.1. The maximum Gasteiger partial charge on any atom is 0.416 e. The largest absolute Gasteiger partial charge is 0.416 e. The first kappa shape index (κ1) is 23.9. The summed E-state index contributed by atoms with van der Waals surface area (Å²) in [4.78, 5) is 25.5. The van der Waals surface area contributed by atoms with Gasteiger partial charge in [-0.05, 0) is 42.7 Å². The maximum absolute atomic E-state index is 13.1. The number of hydrogen-bond acceptors (Lipinski definition) is 4. The Morgan fingerprint density at radius 2 is 1.74 bits per heavy atom. The SMILES string of the molecule is CCc1ccc(Cn2nccc2NC(=O)c2nn(-c3cccc(C(F)(F)F)c3)c(C)cc2=O)cc1. The van der Waals surface area contributed by atoms with E-state index in [1.165, 1.54) is 30.8 Å². The predicted molar refractivity (Wildman–Crippen MR) is 125 cm³/mol. The molecule has 10 heteroatoms. The van der Waals surface area contributed by atoms with Crippen molar-refractivity contribution in [2.24, 2.45) is 0 Å². The highest BCUT2D eigenvalue weighted by molar-refractivity contribution is 6.02. The van der Waals surface area contributed by atoms with E-state index in [9.17, 15) is 22.8 Å². The number of anilines is 1. The van der Waals surface area contributed by atoms with E-state index in [0.717, 1.165) is 34.9 Å². The number of aromatic nitrogens is 4. The second kappa shape index (κ2) is 9.57.